The number of aromatic nitrogens is 2. The zero-order chi connectivity index (χ0) is 13.5. The molecule has 2 fully saturated rings. The summed E-state index contributed by atoms with van der Waals surface area (Å²) in [5, 5.41) is 18.8. The van der Waals surface area contributed by atoms with E-state index in [1.54, 1.807) is 0 Å². The lowest BCUT2D eigenvalue weighted by molar-refractivity contribution is -0.157. The summed E-state index contributed by atoms with van der Waals surface area (Å²) in [6.07, 6.45) is 5.05. The van der Waals surface area contributed by atoms with Gasteiger partial charge in [0.25, 0.3) is 0 Å². The fraction of sp³-hybridized carbons (Fsp3) is 0.733. The van der Waals surface area contributed by atoms with Crippen LogP contribution < -0.4 is 0 Å². The number of nitrogens with zero attached hydrogens (tertiary/aromatic N) is 2. The molecule has 1 aliphatic heterocycles. The Balaban J connectivity index is 1.79. The molecule has 1 aromatic heterocycles. The number of hydrogen-bond donors (Lipinski definition) is 1. The molecule has 19 heavy (non-hydrogen) atoms. The van der Waals surface area contributed by atoms with Crippen molar-refractivity contribution in [2.24, 2.45) is 5.92 Å². The Morgan fingerprint density at radius 1 is 1.37 bits per heavy atom. The molecule has 2 aliphatic rings. The molecule has 2 heterocycles. The zero-order valence-electron chi connectivity index (χ0n) is 11.7. The van der Waals surface area contributed by atoms with E-state index in [0.29, 0.717) is 0 Å². The second-order valence-electron chi connectivity index (χ2n) is 6.11. The Labute approximate surface area is 114 Å². The van der Waals surface area contributed by atoms with Gasteiger partial charge in [-0.1, -0.05) is 0 Å². The minimum Gasteiger partial charge on any atom is -0.388 e. The molecule has 0 amide bonds. The average molecular weight is 262 g/mol. The zero-order valence-corrected chi connectivity index (χ0v) is 11.7. The molecule has 3 rings (SSSR count). The van der Waals surface area contributed by atoms with Crippen molar-refractivity contribution in [3.63, 3.8) is 0 Å². The average Bonchev–Trinajstić information content (AvgIpc) is 2.39. The van der Waals surface area contributed by atoms with Gasteiger partial charge in [0.05, 0.1) is 23.1 Å². The van der Waals surface area contributed by atoms with E-state index in [4.69, 9.17) is 4.74 Å². The van der Waals surface area contributed by atoms with Gasteiger partial charge in [0, 0.05) is 12.2 Å². The standard InChI is InChI=1S/C15H22N2O2/c1-10-8-13(11(2)17-16-10)14(18)12-4-7-19-15(9-12)5-3-6-15/h8,12,14,18H,3-7,9H2,1-2H3. The molecule has 1 aromatic rings. The van der Waals surface area contributed by atoms with E-state index in [2.05, 4.69) is 10.2 Å². The third-order valence-corrected chi connectivity index (χ3v) is 4.70. The molecule has 0 bridgehead atoms. The summed E-state index contributed by atoms with van der Waals surface area (Å²) >= 11 is 0. The molecule has 104 valence electrons. The third kappa shape index (κ3) is 2.39. The summed E-state index contributed by atoms with van der Waals surface area (Å²) in [5.74, 6) is 0.288. The lowest BCUT2D eigenvalue weighted by Crippen LogP contribution is -2.46. The van der Waals surface area contributed by atoms with Gasteiger partial charge in [-0.3, -0.25) is 0 Å². The van der Waals surface area contributed by atoms with Crippen molar-refractivity contribution in [3.05, 3.63) is 23.0 Å². The van der Waals surface area contributed by atoms with Crippen LogP contribution in [0, 0.1) is 19.8 Å². The number of aryl methyl sites for hydroxylation is 2. The summed E-state index contributed by atoms with van der Waals surface area (Å²) in [6.45, 7) is 4.61. The third-order valence-electron chi connectivity index (χ3n) is 4.70. The SMILES string of the molecule is Cc1cc(C(O)C2CCOC3(CCC3)C2)c(C)nn1. The molecule has 1 aliphatic carbocycles. The van der Waals surface area contributed by atoms with E-state index >= 15 is 0 Å². The first-order valence-electron chi connectivity index (χ1n) is 7.22. The lowest BCUT2D eigenvalue weighted by Gasteiger charge is -2.48. The quantitative estimate of drug-likeness (QED) is 0.889. The highest BCUT2D eigenvalue weighted by Crippen LogP contribution is 2.47. The van der Waals surface area contributed by atoms with E-state index in [1.807, 2.05) is 19.9 Å². The Bertz CT molecular complexity index is 471. The number of ether oxygens (including phenoxy) is 1. The highest BCUT2D eigenvalue weighted by molar-refractivity contribution is 5.23. The van der Waals surface area contributed by atoms with Gasteiger partial charge < -0.3 is 9.84 Å². The number of rotatable bonds is 2. The highest BCUT2D eigenvalue weighted by atomic mass is 16.5. The summed E-state index contributed by atoms with van der Waals surface area (Å²) < 4.78 is 5.93. The van der Waals surface area contributed by atoms with Crippen LogP contribution in [-0.2, 0) is 4.74 Å². The predicted molar refractivity (Wildman–Crippen MR) is 71.7 cm³/mol. The molecule has 1 saturated heterocycles. The van der Waals surface area contributed by atoms with Crippen LogP contribution in [0.15, 0.2) is 6.07 Å². The first-order valence-corrected chi connectivity index (χ1v) is 7.22. The first-order chi connectivity index (χ1) is 9.10. The van der Waals surface area contributed by atoms with E-state index in [0.717, 1.165) is 49.2 Å². The van der Waals surface area contributed by atoms with Gasteiger partial charge in [0.2, 0.25) is 0 Å². The van der Waals surface area contributed by atoms with Crippen LogP contribution in [0.1, 0.15) is 55.2 Å². The second-order valence-corrected chi connectivity index (χ2v) is 6.11. The Kier molecular flexibility index (Phi) is 3.31. The fourth-order valence-electron chi connectivity index (χ4n) is 3.38. The number of aliphatic hydroxyl groups is 1. The minimum atomic E-state index is -0.435. The van der Waals surface area contributed by atoms with Crippen LogP contribution in [-0.4, -0.2) is 27.5 Å². The molecule has 4 heteroatoms. The monoisotopic (exact) mass is 262 g/mol. The van der Waals surface area contributed by atoms with E-state index in [1.165, 1.54) is 6.42 Å². The second kappa shape index (κ2) is 4.84. The van der Waals surface area contributed by atoms with Crippen molar-refractivity contribution in [1.82, 2.24) is 10.2 Å². The van der Waals surface area contributed by atoms with Gasteiger partial charge in [-0.15, -0.1) is 0 Å². The molecule has 0 radical (unpaired) electrons. The van der Waals surface area contributed by atoms with Crippen molar-refractivity contribution < 1.29 is 9.84 Å². The van der Waals surface area contributed by atoms with Crippen molar-refractivity contribution >= 4 is 0 Å². The minimum absolute atomic E-state index is 0.0767. The molecular formula is C15H22N2O2. The summed E-state index contributed by atoms with van der Waals surface area (Å²) in [7, 11) is 0. The van der Waals surface area contributed by atoms with Gasteiger partial charge in [0.1, 0.15) is 0 Å². The van der Waals surface area contributed by atoms with Crippen LogP contribution in [0.25, 0.3) is 0 Å². The van der Waals surface area contributed by atoms with Gasteiger partial charge in [-0.25, -0.2) is 0 Å². The molecular weight excluding hydrogens is 240 g/mol. The predicted octanol–water partition coefficient (Wildman–Crippen LogP) is 2.48. The first kappa shape index (κ1) is 13.0. The molecule has 1 saturated carbocycles. The molecule has 4 nitrogen and oxygen atoms in total. The Morgan fingerprint density at radius 3 is 2.84 bits per heavy atom. The maximum atomic E-state index is 10.7. The molecule has 2 atom stereocenters. The van der Waals surface area contributed by atoms with Crippen LogP contribution in [0.2, 0.25) is 0 Å². The van der Waals surface area contributed by atoms with Gasteiger partial charge in [-0.2, -0.15) is 10.2 Å². The topological polar surface area (TPSA) is 55.2 Å². The normalized spacial score (nSPS) is 27.0. The molecule has 2 unspecified atom stereocenters. The van der Waals surface area contributed by atoms with Gasteiger partial charge >= 0.3 is 0 Å². The maximum absolute atomic E-state index is 10.7. The Hall–Kier alpha value is -1.00. The smallest absolute Gasteiger partial charge is 0.0838 e. The Morgan fingerprint density at radius 2 is 2.16 bits per heavy atom. The fourth-order valence-corrected chi connectivity index (χ4v) is 3.38. The maximum Gasteiger partial charge on any atom is 0.0838 e. The summed E-state index contributed by atoms with van der Waals surface area (Å²) in [5.41, 5.74) is 2.72. The van der Waals surface area contributed by atoms with E-state index in [-0.39, 0.29) is 11.5 Å². The van der Waals surface area contributed by atoms with E-state index in [9.17, 15) is 5.11 Å². The number of aliphatic hydroxyl groups excluding tert-OH is 1. The summed E-state index contributed by atoms with van der Waals surface area (Å²) in [6, 6.07) is 1.97. The van der Waals surface area contributed by atoms with Crippen LogP contribution in [0.3, 0.4) is 0 Å². The van der Waals surface area contributed by atoms with Crippen molar-refractivity contribution in [1.29, 1.82) is 0 Å². The lowest BCUT2D eigenvalue weighted by atomic mass is 9.70. The number of hydrogen-bond acceptors (Lipinski definition) is 4. The van der Waals surface area contributed by atoms with E-state index < -0.39 is 6.10 Å². The van der Waals surface area contributed by atoms with Gasteiger partial charge in [-0.05, 0) is 57.9 Å². The largest absolute Gasteiger partial charge is 0.388 e. The van der Waals surface area contributed by atoms with Crippen LogP contribution >= 0.6 is 0 Å². The molecule has 1 N–H and O–H groups in total. The highest BCUT2D eigenvalue weighted by Gasteiger charge is 2.44. The van der Waals surface area contributed by atoms with Crippen LogP contribution in [0.4, 0.5) is 0 Å². The molecule has 0 aromatic carbocycles. The van der Waals surface area contributed by atoms with Crippen LogP contribution in [0.5, 0.6) is 0 Å². The van der Waals surface area contributed by atoms with Crippen molar-refractivity contribution in [3.8, 4) is 0 Å². The van der Waals surface area contributed by atoms with Crippen molar-refractivity contribution in [2.75, 3.05) is 6.61 Å². The molecule has 1 spiro atoms. The van der Waals surface area contributed by atoms with Crippen molar-refractivity contribution in [2.45, 2.75) is 57.7 Å². The van der Waals surface area contributed by atoms with Gasteiger partial charge in [0.15, 0.2) is 0 Å². The summed E-state index contributed by atoms with van der Waals surface area (Å²) in [4.78, 5) is 0.